The van der Waals surface area contributed by atoms with Crippen LogP contribution in [0.2, 0.25) is 0 Å². The third-order valence-corrected chi connectivity index (χ3v) is 7.71. The summed E-state index contributed by atoms with van der Waals surface area (Å²) in [5.74, 6) is 3.47. The Labute approximate surface area is 212 Å². The molecular weight excluding hydrogens is 430 g/mol. The summed E-state index contributed by atoms with van der Waals surface area (Å²) in [6, 6.07) is 0. The zero-order valence-electron chi connectivity index (χ0n) is 23.8. The summed E-state index contributed by atoms with van der Waals surface area (Å²) in [5.41, 5.74) is 0.834. The van der Waals surface area contributed by atoms with Gasteiger partial charge < -0.3 is 14.8 Å². The van der Waals surface area contributed by atoms with Gasteiger partial charge in [0.25, 0.3) is 0 Å². The van der Waals surface area contributed by atoms with E-state index in [0.29, 0.717) is 49.5 Å². The molecule has 0 saturated heterocycles. The van der Waals surface area contributed by atoms with E-state index >= 15 is 0 Å². The third-order valence-electron chi connectivity index (χ3n) is 6.19. The third kappa shape index (κ3) is 15.4. The molecular formula is C28H59NO3S. The van der Waals surface area contributed by atoms with Crippen LogP contribution in [0.25, 0.3) is 0 Å². The number of hydrogen-bond donors (Lipinski definition) is 1. The molecule has 2 aliphatic carbocycles. The quantitative estimate of drug-likeness (QED) is 0.239. The van der Waals surface area contributed by atoms with E-state index in [-0.39, 0.29) is 5.91 Å². The monoisotopic (exact) mass is 489 g/mol. The van der Waals surface area contributed by atoms with Crippen LogP contribution < -0.4 is 5.32 Å². The summed E-state index contributed by atoms with van der Waals surface area (Å²) in [5, 5.41) is 3.06. The molecule has 0 spiro atoms. The Morgan fingerprint density at radius 3 is 1.97 bits per heavy atom. The van der Waals surface area contributed by atoms with Gasteiger partial charge in [0.05, 0.1) is 19.8 Å². The van der Waals surface area contributed by atoms with Gasteiger partial charge in [0.1, 0.15) is 0 Å². The first kappa shape index (κ1) is 34.9. The van der Waals surface area contributed by atoms with Crippen molar-refractivity contribution in [2.24, 2.45) is 16.7 Å². The van der Waals surface area contributed by atoms with Gasteiger partial charge in [0.15, 0.2) is 0 Å². The number of ether oxygens (including phenoxy) is 2. The molecule has 2 rings (SSSR count). The second-order valence-corrected chi connectivity index (χ2v) is 10.3. The lowest BCUT2D eigenvalue weighted by Crippen LogP contribution is -2.32. The van der Waals surface area contributed by atoms with Crippen LogP contribution in [0.4, 0.5) is 0 Å². The molecule has 0 radical (unpaired) electrons. The van der Waals surface area contributed by atoms with Gasteiger partial charge in [-0.1, -0.05) is 62.3 Å². The summed E-state index contributed by atoms with van der Waals surface area (Å²) >= 11 is 2.12. The lowest BCUT2D eigenvalue weighted by atomic mass is 9.80. The number of carbonyl (C=O) groups excluding carboxylic acids is 1. The van der Waals surface area contributed by atoms with E-state index in [0.717, 1.165) is 13.0 Å². The molecule has 200 valence electrons. The Kier molecular flexibility index (Phi) is 23.5. The van der Waals surface area contributed by atoms with Crippen molar-refractivity contribution in [3.63, 3.8) is 0 Å². The molecule has 2 fully saturated rings. The number of carbonyl (C=O) groups is 1. The largest absolute Gasteiger partial charge is 0.379 e. The molecule has 0 aromatic rings. The van der Waals surface area contributed by atoms with Gasteiger partial charge in [-0.25, -0.2) is 0 Å². The van der Waals surface area contributed by atoms with E-state index in [1.807, 2.05) is 41.5 Å². The highest BCUT2D eigenvalue weighted by Crippen LogP contribution is 2.63. The maximum atomic E-state index is 12.4. The molecule has 0 atom stereocenters. The van der Waals surface area contributed by atoms with Gasteiger partial charge in [-0.05, 0) is 73.2 Å². The van der Waals surface area contributed by atoms with Crippen LogP contribution in [-0.2, 0) is 14.3 Å². The van der Waals surface area contributed by atoms with Gasteiger partial charge >= 0.3 is 0 Å². The second kappa shape index (κ2) is 22.2. The normalized spacial score (nSPS) is 22.5. The van der Waals surface area contributed by atoms with E-state index in [2.05, 4.69) is 37.8 Å². The minimum atomic E-state index is 0.214. The zero-order valence-corrected chi connectivity index (χ0v) is 24.6. The van der Waals surface area contributed by atoms with Crippen LogP contribution in [0.15, 0.2) is 0 Å². The van der Waals surface area contributed by atoms with Crippen LogP contribution in [0.1, 0.15) is 114 Å². The van der Waals surface area contributed by atoms with Crippen LogP contribution in [-0.4, -0.2) is 50.4 Å². The molecule has 0 unspecified atom stereocenters. The Morgan fingerprint density at radius 1 is 0.879 bits per heavy atom. The van der Waals surface area contributed by atoms with Gasteiger partial charge in [-0.2, -0.15) is 11.8 Å². The second-order valence-electron chi connectivity index (χ2n) is 9.16. The molecule has 0 aromatic carbocycles. The molecule has 0 heterocycles. The predicted molar refractivity (Wildman–Crippen MR) is 148 cm³/mol. The van der Waals surface area contributed by atoms with E-state index in [1.54, 1.807) is 0 Å². The maximum absolute atomic E-state index is 12.4. The molecule has 5 heteroatoms. The summed E-state index contributed by atoms with van der Waals surface area (Å²) < 4.78 is 11.1. The number of fused-ring (bicyclic) bond motifs is 2. The average Bonchev–Trinajstić information content (AvgIpc) is 3.37. The Hall–Kier alpha value is -0.260. The number of amides is 1. The van der Waals surface area contributed by atoms with Crippen molar-refractivity contribution < 1.29 is 14.3 Å². The van der Waals surface area contributed by atoms with Crippen LogP contribution >= 0.6 is 11.8 Å². The lowest BCUT2D eigenvalue weighted by molar-refractivity contribution is -0.123. The van der Waals surface area contributed by atoms with Gasteiger partial charge in [0, 0.05) is 19.6 Å². The number of hydrogen-bond acceptors (Lipinski definition) is 4. The molecule has 1 amide bonds. The van der Waals surface area contributed by atoms with Gasteiger partial charge in [-0.15, -0.1) is 0 Å². The number of nitrogens with one attached hydrogen (secondary N) is 1. The van der Waals surface area contributed by atoms with Crippen molar-refractivity contribution in [3.8, 4) is 0 Å². The predicted octanol–water partition coefficient (Wildman–Crippen LogP) is 7.74. The van der Waals surface area contributed by atoms with E-state index in [4.69, 9.17) is 9.47 Å². The van der Waals surface area contributed by atoms with Gasteiger partial charge in [0.2, 0.25) is 5.91 Å². The summed E-state index contributed by atoms with van der Waals surface area (Å²) in [7, 11) is 0. The topological polar surface area (TPSA) is 47.6 Å². The van der Waals surface area contributed by atoms with E-state index < -0.39 is 0 Å². The smallest absolute Gasteiger partial charge is 0.220 e. The Bertz CT molecular complexity index is 435. The fourth-order valence-electron chi connectivity index (χ4n) is 4.63. The van der Waals surface area contributed by atoms with E-state index in [1.165, 1.54) is 50.0 Å². The molecule has 0 aromatic heterocycles. The molecule has 2 aliphatic rings. The molecule has 2 saturated carbocycles. The molecule has 0 aliphatic heterocycles. The first-order chi connectivity index (χ1) is 16.0. The number of rotatable bonds is 15. The summed E-state index contributed by atoms with van der Waals surface area (Å²) in [4.78, 5) is 12.4. The van der Waals surface area contributed by atoms with Crippen LogP contribution in [0, 0.1) is 16.7 Å². The highest BCUT2D eigenvalue weighted by molar-refractivity contribution is 7.99. The van der Waals surface area contributed by atoms with Crippen LogP contribution in [0.5, 0.6) is 0 Å². The highest BCUT2D eigenvalue weighted by Gasteiger charge is 2.54. The zero-order chi connectivity index (χ0) is 25.6. The fraction of sp³-hybridized carbons (Fsp3) is 0.964. The standard InChI is InChI=1S/C22H41NO3S.3C2H6/c1-4-15-27-18-22-8-6-21(17-22,7-9-22)16-20(24)23-10-12-26-14-13-25-11-5-19(2)3;3*1-2/h19H,4-18H2,1-3H3,(H,23,24);3*1-2H3. The lowest BCUT2D eigenvalue weighted by Gasteiger charge is -2.27. The van der Waals surface area contributed by atoms with Gasteiger partial charge in [-0.3, -0.25) is 4.79 Å². The molecule has 33 heavy (non-hydrogen) atoms. The highest BCUT2D eigenvalue weighted by atomic mass is 32.2. The SMILES string of the molecule is CC.CC.CC.CCCSCC12CCC(CC(=O)NCCOCCOCCC(C)C)(CC1)C2. The molecule has 4 nitrogen and oxygen atoms in total. The van der Waals surface area contributed by atoms with Crippen LogP contribution in [0.3, 0.4) is 0 Å². The summed E-state index contributed by atoms with van der Waals surface area (Å²) in [6.45, 7) is 21.9. The maximum Gasteiger partial charge on any atom is 0.220 e. The van der Waals surface area contributed by atoms with Crippen molar-refractivity contribution in [3.05, 3.63) is 0 Å². The first-order valence-corrected chi connectivity index (χ1v) is 15.1. The Morgan fingerprint density at radius 2 is 1.42 bits per heavy atom. The average molecular weight is 490 g/mol. The Balaban J connectivity index is 0. The van der Waals surface area contributed by atoms with Crippen molar-refractivity contribution in [1.82, 2.24) is 5.32 Å². The molecule has 2 bridgehead atoms. The fourth-order valence-corrected chi connectivity index (χ4v) is 5.89. The van der Waals surface area contributed by atoms with Crippen molar-refractivity contribution in [2.75, 3.05) is 44.5 Å². The van der Waals surface area contributed by atoms with E-state index in [9.17, 15) is 4.79 Å². The minimum Gasteiger partial charge on any atom is -0.379 e. The minimum absolute atomic E-state index is 0.214. The molecule has 1 N–H and O–H groups in total. The summed E-state index contributed by atoms with van der Waals surface area (Å²) in [6.07, 6.45) is 9.50. The van der Waals surface area contributed by atoms with Crippen molar-refractivity contribution in [1.29, 1.82) is 0 Å². The number of thioether (sulfide) groups is 1. The van der Waals surface area contributed by atoms with Crippen molar-refractivity contribution in [2.45, 2.75) is 114 Å². The first-order valence-electron chi connectivity index (χ1n) is 14.0. The van der Waals surface area contributed by atoms with Crippen molar-refractivity contribution >= 4 is 17.7 Å².